The summed E-state index contributed by atoms with van der Waals surface area (Å²) in [4.78, 5) is 0. The number of hydrogen-bond donors (Lipinski definition) is 0. The summed E-state index contributed by atoms with van der Waals surface area (Å²) >= 11 is 0. The average molecular weight is 328 g/mol. The van der Waals surface area contributed by atoms with Crippen LogP contribution in [0, 0.1) is 34.0 Å². The van der Waals surface area contributed by atoms with Crippen LogP contribution in [0.25, 0.3) is 0 Å². The highest BCUT2D eigenvalue weighted by Crippen LogP contribution is 2.50. The van der Waals surface area contributed by atoms with Crippen molar-refractivity contribution in [3.8, 4) is 12.1 Å². The molecule has 0 amide bonds. The van der Waals surface area contributed by atoms with Crippen LogP contribution in [0.4, 0.5) is 26.3 Å². The molecule has 0 aliphatic rings. The van der Waals surface area contributed by atoms with Crippen LogP contribution in [0.2, 0.25) is 0 Å². The molecule has 0 spiro atoms. The summed E-state index contributed by atoms with van der Waals surface area (Å²) in [6.07, 6.45) is -10.9. The smallest absolute Gasteiger partial charge is 0.403 e. The van der Waals surface area contributed by atoms with Crippen LogP contribution >= 0.6 is 0 Å². The lowest BCUT2D eigenvalue weighted by molar-refractivity contribution is -0.302. The number of rotatable bonds is 4. The molecule has 0 heterocycles. The van der Waals surface area contributed by atoms with Gasteiger partial charge in [0.1, 0.15) is 0 Å². The molecule has 3 nitrogen and oxygen atoms in total. The number of nitrogens with zero attached hydrogens (tertiary/aromatic N) is 2. The van der Waals surface area contributed by atoms with Gasteiger partial charge in [0.25, 0.3) is 0 Å². The van der Waals surface area contributed by atoms with Gasteiger partial charge < -0.3 is 4.74 Å². The van der Waals surface area contributed by atoms with E-state index in [1.165, 1.54) is 0 Å². The number of halogens is 6. The molecule has 0 fully saturated rings. The van der Waals surface area contributed by atoms with E-state index in [0.29, 0.717) is 0 Å². The van der Waals surface area contributed by atoms with Crippen LogP contribution in [0.15, 0.2) is 12.3 Å². The van der Waals surface area contributed by atoms with Gasteiger partial charge >= 0.3 is 12.4 Å². The van der Waals surface area contributed by atoms with E-state index in [2.05, 4.69) is 0 Å². The fourth-order valence-corrected chi connectivity index (χ4v) is 1.59. The van der Waals surface area contributed by atoms with E-state index in [-0.39, 0.29) is 0 Å². The molecule has 9 heteroatoms. The van der Waals surface area contributed by atoms with Crippen molar-refractivity contribution in [2.45, 2.75) is 45.1 Å². The molecule has 0 bridgehead atoms. The van der Waals surface area contributed by atoms with Crippen molar-refractivity contribution >= 4 is 0 Å². The quantitative estimate of drug-likeness (QED) is 0.565. The maximum atomic E-state index is 12.7. The molecular formula is C13H14F6N2O. The van der Waals surface area contributed by atoms with Crippen LogP contribution < -0.4 is 0 Å². The molecule has 0 aliphatic carbocycles. The highest BCUT2D eigenvalue weighted by molar-refractivity contribution is 5.21. The number of alkyl halides is 6. The van der Waals surface area contributed by atoms with Gasteiger partial charge in [0.2, 0.25) is 0 Å². The predicted molar refractivity (Wildman–Crippen MR) is 63.9 cm³/mol. The van der Waals surface area contributed by atoms with Crippen LogP contribution in [-0.4, -0.2) is 18.0 Å². The molecule has 0 N–H and O–H groups in total. The Balaban J connectivity index is 5.59. The van der Waals surface area contributed by atoms with Crippen LogP contribution in [-0.2, 0) is 4.74 Å². The van der Waals surface area contributed by atoms with Gasteiger partial charge in [0.05, 0.1) is 24.0 Å². The van der Waals surface area contributed by atoms with E-state index in [4.69, 9.17) is 15.3 Å². The van der Waals surface area contributed by atoms with Gasteiger partial charge in [-0.1, -0.05) is 0 Å². The topological polar surface area (TPSA) is 56.8 Å². The second-order valence-electron chi connectivity index (χ2n) is 5.52. The highest BCUT2D eigenvalue weighted by Gasteiger charge is 2.67. The van der Waals surface area contributed by atoms with Crippen LogP contribution in [0.5, 0.6) is 0 Å². The molecule has 0 aromatic carbocycles. The first-order chi connectivity index (χ1) is 9.69. The lowest BCUT2D eigenvalue weighted by atomic mass is 9.74. The molecule has 0 saturated heterocycles. The van der Waals surface area contributed by atoms with Gasteiger partial charge in [0.15, 0.2) is 11.3 Å². The minimum absolute atomic E-state index is 0.716. The first kappa shape index (κ1) is 20.1. The zero-order chi connectivity index (χ0) is 17.8. The Morgan fingerprint density at radius 3 is 1.64 bits per heavy atom. The molecule has 0 saturated carbocycles. The molecule has 22 heavy (non-hydrogen) atoms. The fourth-order valence-electron chi connectivity index (χ4n) is 1.59. The standard InChI is InChI=1S/C13H14F6N2O/c1-10(2,3)22-6-4-5-11(7-20,8-21)9(12(14,15)16)13(17,18)19/h4,6,9H,5H2,1-3H3/b6-4+. The Kier molecular flexibility index (Phi) is 5.91. The second kappa shape index (κ2) is 6.47. The van der Waals surface area contributed by atoms with E-state index in [0.717, 1.165) is 24.5 Å². The fraction of sp³-hybridized carbons (Fsp3) is 0.692. The molecule has 0 aromatic rings. The predicted octanol–water partition coefficient (Wildman–Crippen LogP) is 4.48. The first-order valence-corrected chi connectivity index (χ1v) is 5.98. The SMILES string of the molecule is CC(C)(C)O/C=C/CC(C#N)(C#N)C(C(F)(F)F)C(F)(F)F. The highest BCUT2D eigenvalue weighted by atomic mass is 19.4. The Morgan fingerprint density at radius 1 is 0.955 bits per heavy atom. The Morgan fingerprint density at radius 2 is 1.36 bits per heavy atom. The summed E-state index contributed by atoms with van der Waals surface area (Å²) in [5.74, 6) is -4.07. The summed E-state index contributed by atoms with van der Waals surface area (Å²) in [7, 11) is 0. The molecule has 124 valence electrons. The van der Waals surface area contributed by atoms with E-state index in [9.17, 15) is 26.3 Å². The minimum Gasteiger partial charge on any atom is -0.496 e. The third-order valence-corrected chi connectivity index (χ3v) is 2.50. The Bertz CT molecular complexity index is 459. The van der Waals surface area contributed by atoms with Crippen LogP contribution in [0.3, 0.4) is 0 Å². The van der Waals surface area contributed by atoms with Gasteiger partial charge in [-0.15, -0.1) is 0 Å². The summed E-state index contributed by atoms with van der Waals surface area (Å²) in [6, 6.07) is 1.74. The molecule has 0 rings (SSSR count). The van der Waals surface area contributed by atoms with Crippen molar-refractivity contribution in [1.29, 1.82) is 10.5 Å². The lowest BCUT2D eigenvalue weighted by Crippen LogP contribution is -2.47. The largest absolute Gasteiger partial charge is 0.496 e. The zero-order valence-corrected chi connectivity index (χ0v) is 12.0. The minimum atomic E-state index is -5.78. The van der Waals surface area contributed by atoms with Crippen molar-refractivity contribution in [1.82, 2.24) is 0 Å². The molecule has 0 atom stereocenters. The molecular weight excluding hydrogens is 314 g/mol. The summed E-state index contributed by atoms with van der Waals surface area (Å²) < 4.78 is 81.2. The maximum absolute atomic E-state index is 12.7. The van der Waals surface area contributed by atoms with Gasteiger partial charge in [-0.25, -0.2) is 0 Å². The number of nitriles is 2. The van der Waals surface area contributed by atoms with E-state index in [1.54, 1.807) is 20.8 Å². The van der Waals surface area contributed by atoms with E-state index in [1.807, 2.05) is 0 Å². The van der Waals surface area contributed by atoms with Crippen molar-refractivity contribution in [2.75, 3.05) is 0 Å². The zero-order valence-electron chi connectivity index (χ0n) is 12.0. The maximum Gasteiger partial charge on any atom is 0.403 e. The molecule has 0 aliphatic heterocycles. The normalized spacial score (nSPS) is 14.0. The third-order valence-electron chi connectivity index (χ3n) is 2.50. The second-order valence-corrected chi connectivity index (χ2v) is 5.52. The monoisotopic (exact) mass is 328 g/mol. The molecule has 0 radical (unpaired) electrons. The summed E-state index contributed by atoms with van der Waals surface area (Å²) in [6.45, 7) is 4.81. The van der Waals surface area contributed by atoms with E-state index >= 15 is 0 Å². The average Bonchev–Trinajstić information content (AvgIpc) is 2.28. The van der Waals surface area contributed by atoms with E-state index < -0.39 is 35.7 Å². The molecule has 0 unspecified atom stereocenters. The Hall–Kier alpha value is -1.90. The van der Waals surface area contributed by atoms with Crippen molar-refractivity contribution in [2.24, 2.45) is 11.3 Å². The number of hydrogen-bond acceptors (Lipinski definition) is 3. The lowest BCUT2D eigenvalue weighted by Gasteiger charge is -2.31. The third kappa shape index (κ3) is 5.47. The number of allylic oxidation sites excluding steroid dienone is 1. The molecule has 0 aromatic heterocycles. The number of ether oxygens (including phenoxy) is 1. The van der Waals surface area contributed by atoms with Gasteiger partial charge in [-0.05, 0) is 26.8 Å². The van der Waals surface area contributed by atoms with Gasteiger partial charge in [-0.3, -0.25) is 0 Å². The van der Waals surface area contributed by atoms with Gasteiger partial charge in [-0.2, -0.15) is 36.9 Å². The summed E-state index contributed by atoms with van der Waals surface area (Å²) in [5, 5.41) is 17.6. The summed E-state index contributed by atoms with van der Waals surface area (Å²) in [5.41, 5.74) is -4.03. The first-order valence-electron chi connectivity index (χ1n) is 5.98. The van der Waals surface area contributed by atoms with Crippen LogP contribution in [0.1, 0.15) is 27.2 Å². The van der Waals surface area contributed by atoms with Crippen molar-refractivity contribution < 1.29 is 31.1 Å². The Labute approximate surface area is 123 Å². The van der Waals surface area contributed by atoms with Gasteiger partial charge in [0, 0.05) is 6.42 Å². The van der Waals surface area contributed by atoms with Crippen molar-refractivity contribution in [3.63, 3.8) is 0 Å². The van der Waals surface area contributed by atoms with Crippen molar-refractivity contribution in [3.05, 3.63) is 12.3 Å².